The molecule has 0 saturated heterocycles. The second-order valence-corrected chi connectivity index (χ2v) is 6.47. The van der Waals surface area contributed by atoms with Gasteiger partial charge in [-0.25, -0.2) is 14.5 Å². The van der Waals surface area contributed by atoms with E-state index in [-0.39, 0.29) is 11.8 Å². The third kappa shape index (κ3) is 2.47. The molecule has 4 aromatic rings. The second kappa shape index (κ2) is 5.98. The number of imide groups is 1. The molecule has 5 rings (SSSR count). The van der Waals surface area contributed by atoms with E-state index in [1.165, 1.54) is 4.90 Å². The van der Waals surface area contributed by atoms with Crippen LogP contribution in [-0.2, 0) is 6.42 Å². The molecule has 0 N–H and O–H groups in total. The number of rotatable bonds is 4. The van der Waals surface area contributed by atoms with Crippen molar-refractivity contribution in [2.45, 2.75) is 12.8 Å². The molecule has 7 heteroatoms. The van der Waals surface area contributed by atoms with Crippen LogP contribution in [0.3, 0.4) is 0 Å². The van der Waals surface area contributed by atoms with E-state index in [4.69, 9.17) is 0 Å². The summed E-state index contributed by atoms with van der Waals surface area (Å²) in [5.41, 5.74) is 2.59. The summed E-state index contributed by atoms with van der Waals surface area (Å²) >= 11 is 0. The maximum atomic E-state index is 12.4. The summed E-state index contributed by atoms with van der Waals surface area (Å²) in [6.45, 7) is 0.348. The quantitative estimate of drug-likeness (QED) is 0.524. The third-order valence-corrected chi connectivity index (χ3v) is 4.79. The van der Waals surface area contributed by atoms with Crippen molar-refractivity contribution in [3.63, 3.8) is 0 Å². The van der Waals surface area contributed by atoms with Crippen molar-refractivity contribution in [3.8, 4) is 0 Å². The van der Waals surface area contributed by atoms with Crippen LogP contribution in [0, 0.1) is 0 Å². The van der Waals surface area contributed by atoms with Gasteiger partial charge in [-0.05, 0) is 30.7 Å². The molecule has 2 aromatic carbocycles. The number of carbonyl (C=O) groups excluding carboxylic acids is 2. The van der Waals surface area contributed by atoms with E-state index in [0.29, 0.717) is 36.3 Å². The predicted octanol–water partition coefficient (Wildman–Crippen LogP) is 2.51. The van der Waals surface area contributed by atoms with Crippen LogP contribution in [0.1, 0.15) is 33.0 Å². The molecule has 0 saturated carbocycles. The van der Waals surface area contributed by atoms with Crippen LogP contribution in [0.5, 0.6) is 0 Å². The van der Waals surface area contributed by atoms with E-state index < -0.39 is 0 Å². The Hall–Kier alpha value is -3.61. The average molecular weight is 357 g/mol. The fourth-order valence-corrected chi connectivity index (χ4v) is 3.47. The molecular formula is C20H15N5O2. The maximum absolute atomic E-state index is 12.4. The van der Waals surface area contributed by atoms with Crippen LogP contribution in [0.15, 0.2) is 54.9 Å². The lowest BCUT2D eigenvalue weighted by Gasteiger charge is -2.12. The van der Waals surface area contributed by atoms with E-state index in [2.05, 4.69) is 15.1 Å². The summed E-state index contributed by atoms with van der Waals surface area (Å²) in [6, 6.07) is 14.7. The van der Waals surface area contributed by atoms with Gasteiger partial charge < -0.3 is 0 Å². The zero-order valence-corrected chi connectivity index (χ0v) is 14.4. The molecule has 1 aliphatic heterocycles. The summed E-state index contributed by atoms with van der Waals surface area (Å²) in [5, 5.41) is 5.40. The summed E-state index contributed by atoms with van der Waals surface area (Å²) in [4.78, 5) is 35.1. The fourth-order valence-electron chi connectivity index (χ4n) is 3.47. The van der Waals surface area contributed by atoms with Gasteiger partial charge in [-0.3, -0.25) is 14.5 Å². The maximum Gasteiger partial charge on any atom is 0.261 e. The molecule has 0 unspecified atom stereocenters. The molecule has 0 spiro atoms. The largest absolute Gasteiger partial charge is 0.274 e. The number of nitrogens with zero attached hydrogens (tertiary/aromatic N) is 5. The molecule has 0 atom stereocenters. The summed E-state index contributed by atoms with van der Waals surface area (Å²) in [7, 11) is 0. The summed E-state index contributed by atoms with van der Waals surface area (Å²) in [6.07, 6.45) is 2.83. The molecule has 0 bridgehead atoms. The highest BCUT2D eigenvalue weighted by atomic mass is 16.2. The molecule has 0 radical (unpaired) electrons. The lowest BCUT2D eigenvalue weighted by Crippen LogP contribution is -2.31. The van der Waals surface area contributed by atoms with Gasteiger partial charge in [0.05, 0.1) is 16.6 Å². The SMILES string of the molecule is O=C1c2ccccc2C(=O)N1CCCc1nc2c3ccccc3ncn2n1. The first-order chi connectivity index (χ1) is 13.2. The number of aromatic nitrogens is 4. The lowest BCUT2D eigenvalue weighted by atomic mass is 10.1. The van der Waals surface area contributed by atoms with E-state index in [1.54, 1.807) is 35.1 Å². The molecule has 3 heterocycles. The average Bonchev–Trinajstić information content (AvgIpc) is 3.23. The van der Waals surface area contributed by atoms with Crippen molar-refractivity contribution >= 4 is 28.4 Å². The van der Waals surface area contributed by atoms with Gasteiger partial charge in [0, 0.05) is 18.4 Å². The van der Waals surface area contributed by atoms with Crippen LogP contribution in [0.25, 0.3) is 16.6 Å². The highest BCUT2D eigenvalue weighted by Crippen LogP contribution is 2.23. The Morgan fingerprint density at radius 1 is 0.889 bits per heavy atom. The molecule has 2 amide bonds. The van der Waals surface area contributed by atoms with Crippen molar-refractivity contribution in [1.82, 2.24) is 24.5 Å². The van der Waals surface area contributed by atoms with Crippen LogP contribution in [0.4, 0.5) is 0 Å². The Balaban J connectivity index is 1.33. The minimum atomic E-state index is -0.228. The first kappa shape index (κ1) is 15.6. The number of hydrogen-bond acceptors (Lipinski definition) is 5. The van der Waals surface area contributed by atoms with E-state index >= 15 is 0 Å². The van der Waals surface area contributed by atoms with Crippen molar-refractivity contribution in [2.24, 2.45) is 0 Å². The minimum Gasteiger partial charge on any atom is -0.274 e. The molecule has 27 heavy (non-hydrogen) atoms. The van der Waals surface area contributed by atoms with Crippen molar-refractivity contribution < 1.29 is 9.59 Å². The number of benzene rings is 2. The Morgan fingerprint density at radius 3 is 2.37 bits per heavy atom. The topological polar surface area (TPSA) is 80.5 Å². The Kier molecular flexibility index (Phi) is 3.46. The van der Waals surface area contributed by atoms with Crippen LogP contribution >= 0.6 is 0 Å². The first-order valence-electron chi connectivity index (χ1n) is 8.76. The Bertz CT molecular complexity index is 1180. The number of fused-ring (bicyclic) bond motifs is 4. The van der Waals surface area contributed by atoms with Gasteiger partial charge in [-0.15, -0.1) is 5.10 Å². The van der Waals surface area contributed by atoms with Crippen molar-refractivity contribution in [3.05, 3.63) is 71.8 Å². The summed E-state index contributed by atoms with van der Waals surface area (Å²) in [5.74, 6) is 0.215. The minimum absolute atomic E-state index is 0.228. The van der Waals surface area contributed by atoms with Gasteiger partial charge in [0.2, 0.25) is 0 Å². The van der Waals surface area contributed by atoms with Crippen molar-refractivity contribution in [2.75, 3.05) is 6.54 Å². The second-order valence-electron chi connectivity index (χ2n) is 6.47. The Labute approximate surface area is 154 Å². The van der Waals surface area contributed by atoms with Gasteiger partial charge >= 0.3 is 0 Å². The lowest BCUT2D eigenvalue weighted by molar-refractivity contribution is 0.0652. The van der Waals surface area contributed by atoms with E-state index in [9.17, 15) is 9.59 Å². The van der Waals surface area contributed by atoms with Crippen LogP contribution < -0.4 is 0 Å². The molecule has 0 aliphatic carbocycles. The van der Waals surface area contributed by atoms with E-state index in [0.717, 1.165) is 16.6 Å². The molecule has 2 aromatic heterocycles. The van der Waals surface area contributed by atoms with Crippen LogP contribution in [0.2, 0.25) is 0 Å². The van der Waals surface area contributed by atoms with Gasteiger partial charge in [0.25, 0.3) is 11.8 Å². The van der Waals surface area contributed by atoms with Gasteiger partial charge in [-0.2, -0.15) is 0 Å². The highest BCUT2D eigenvalue weighted by Gasteiger charge is 2.34. The first-order valence-corrected chi connectivity index (χ1v) is 8.76. The van der Waals surface area contributed by atoms with Crippen molar-refractivity contribution in [1.29, 1.82) is 0 Å². The third-order valence-electron chi connectivity index (χ3n) is 4.79. The number of amides is 2. The van der Waals surface area contributed by atoms with Gasteiger partial charge in [0.1, 0.15) is 6.33 Å². The summed E-state index contributed by atoms with van der Waals surface area (Å²) < 4.78 is 1.67. The molecule has 132 valence electrons. The smallest absolute Gasteiger partial charge is 0.261 e. The highest BCUT2D eigenvalue weighted by molar-refractivity contribution is 6.21. The number of aryl methyl sites for hydroxylation is 1. The Morgan fingerprint density at radius 2 is 1.59 bits per heavy atom. The monoisotopic (exact) mass is 357 g/mol. The normalized spacial score (nSPS) is 13.7. The molecule has 7 nitrogen and oxygen atoms in total. The predicted molar refractivity (Wildman–Crippen MR) is 98.4 cm³/mol. The zero-order chi connectivity index (χ0) is 18.4. The van der Waals surface area contributed by atoms with Gasteiger partial charge in [-0.1, -0.05) is 24.3 Å². The molecule has 1 aliphatic rings. The number of para-hydroxylation sites is 1. The fraction of sp³-hybridized carbons (Fsp3) is 0.150. The standard InChI is InChI=1S/C20H15N5O2/c26-19-13-6-1-2-7-14(13)20(27)24(19)11-5-10-17-22-18-15-8-3-4-9-16(15)21-12-25(18)23-17/h1-4,6-9,12H,5,10-11H2. The molecule has 0 fully saturated rings. The molecular weight excluding hydrogens is 342 g/mol. The number of carbonyl (C=O) groups is 2. The zero-order valence-electron chi connectivity index (χ0n) is 14.4. The van der Waals surface area contributed by atoms with Crippen LogP contribution in [-0.4, -0.2) is 42.8 Å². The number of hydrogen-bond donors (Lipinski definition) is 0. The van der Waals surface area contributed by atoms with E-state index in [1.807, 2.05) is 24.3 Å². The van der Waals surface area contributed by atoms with Gasteiger partial charge in [0.15, 0.2) is 11.5 Å².